The van der Waals surface area contributed by atoms with Gasteiger partial charge in [-0.3, -0.25) is 14.3 Å². The number of alkyl halides is 1. The fraction of sp³-hybridized carbons (Fsp3) is 0.375. The van der Waals surface area contributed by atoms with Crippen LogP contribution in [0.5, 0.6) is 11.5 Å². The van der Waals surface area contributed by atoms with Crippen molar-refractivity contribution in [2.75, 3.05) is 20.3 Å². The number of aliphatic hydroxyl groups is 1. The number of nitrogens with zero attached hydrogens (tertiary/aromatic N) is 3. The molecule has 7 rings (SSSR count). The second kappa shape index (κ2) is 10.3. The maximum Gasteiger partial charge on any atom is 0.251 e. The van der Waals surface area contributed by atoms with Gasteiger partial charge in [-0.2, -0.15) is 5.10 Å². The molecule has 4 aromatic rings. The van der Waals surface area contributed by atoms with Crippen LogP contribution in [0.3, 0.4) is 0 Å². The largest absolute Gasteiger partial charge is 0.494 e. The number of amides is 2. The molecule has 4 N–H and O–H groups in total. The van der Waals surface area contributed by atoms with Crippen molar-refractivity contribution >= 4 is 45.9 Å². The minimum atomic E-state index is -1.65. The molecule has 1 aliphatic heterocycles. The van der Waals surface area contributed by atoms with Crippen LogP contribution in [0.4, 0.5) is 4.39 Å². The molecular weight excluding hydrogens is 624 g/mol. The lowest BCUT2D eigenvalue weighted by molar-refractivity contribution is -0.123. The summed E-state index contributed by atoms with van der Waals surface area (Å²) in [5.74, 6) is -1.38. The van der Waals surface area contributed by atoms with Crippen molar-refractivity contribution in [3.63, 3.8) is 0 Å². The molecule has 3 aliphatic rings. The van der Waals surface area contributed by atoms with Gasteiger partial charge >= 0.3 is 0 Å². The van der Waals surface area contributed by atoms with E-state index >= 15 is 4.39 Å². The molecule has 2 aromatic carbocycles. The van der Waals surface area contributed by atoms with Crippen LogP contribution < -0.4 is 20.5 Å². The number of nitrogens with two attached hydrogens (primary N) is 1. The molecule has 13 heteroatoms. The highest BCUT2D eigenvalue weighted by Crippen LogP contribution is 2.51. The maximum atomic E-state index is 15.2. The number of ether oxygens (including phenoxy) is 2. The molecule has 0 spiro atoms. The minimum Gasteiger partial charge on any atom is -0.494 e. The predicted octanol–water partition coefficient (Wildman–Crippen LogP) is 4.75. The first kappa shape index (κ1) is 29.8. The molecule has 2 aromatic heterocycles. The smallest absolute Gasteiger partial charge is 0.251 e. The molecule has 0 bridgehead atoms. The Morgan fingerprint density at radius 1 is 1.27 bits per heavy atom. The molecule has 2 amide bonds. The number of benzene rings is 2. The Balaban J connectivity index is 1.26. The number of rotatable bonds is 9. The number of carbonyl (C=O) groups excluding carboxylic acids is 2. The first-order valence-corrected chi connectivity index (χ1v) is 15.3. The van der Waals surface area contributed by atoms with E-state index in [9.17, 15) is 14.7 Å². The Kier molecular flexibility index (Phi) is 6.81. The average molecular weight is 655 g/mol. The third-order valence-electron chi connectivity index (χ3n) is 9.15. The second-order valence-electron chi connectivity index (χ2n) is 12.3. The van der Waals surface area contributed by atoms with Crippen LogP contribution in [0, 0.1) is 11.7 Å². The van der Waals surface area contributed by atoms with Gasteiger partial charge in [0, 0.05) is 33.3 Å². The van der Waals surface area contributed by atoms with Gasteiger partial charge in [0.25, 0.3) is 5.91 Å². The molecule has 234 valence electrons. The zero-order chi connectivity index (χ0) is 31.9. The molecular formula is C32H30Cl2FN5O5. The van der Waals surface area contributed by atoms with Crippen LogP contribution in [0.2, 0.25) is 5.02 Å². The van der Waals surface area contributed by atoms with Gasteiger partial charge in [0.05, 0.1) is 19.3 Å². The van der Waals surface area contributed by atoms with Crippen molar-refractivity contribution in [3.05, 3.63) is 70.3 Å². The SMILES string of the molecule is COc1cc(C(=O)NC[C@](O)(c2cc3c(c(-c4ccc(Cl)cc4F)n2)OC[C@]3(C)C(N)=O)C2CC2)cc2cn(C3(Cl)CC3)nc12. The van der Waals surface area contributed by atoms with Gasteiger partial charge in [-0.1, -0.05) is 23.2 Å². The quantitative estimate of drug-likeness (QED) is 0.221. The molecule has 2 saturated carbocycles. The van der Waals surface area contributed by atoms with Crippen molar-refractivity contribution < 1.29 is 28.6 Å². The summed E-state index contributed by atoms with van der Waals surface area (Å²) in [7, 11) is 1.50. The van der Waals surface area contributed by atoms with E-state index < -0.39 is 33.6 Å². The lowest BCUT2D eigenvalue weighted by Gasteiger charge is -2.30. The summed E-state index contributed by atoms with van der Waals surface area (Å²) >= 11 is 12.6. The van der Waals surface area contributed by atoms with Crippen LogP contribution in [-0.4, -0.2) is 51.9 Å². The van der Waals surface area contributed by atoms with Gasteiger partial charge in [0.1, 0.15) is 51.1 Å². The van der Waals surface area contributed by atoms with Gasteiger partial charge in [0.2, 0.25) is 5.91 Å². The standard InChI is InChI=1S/C32H30Cl2FN5O5/c1-30(29(36)42)15-45-27-21(30)12-24(38-26(27)20-6-5-19(33)11-22(20)35)32(43,18-3-4-18)14-37-28(41)16-9-17-13-40(31(34)7-8-31)39-25(17)23(10-16)44-2/h5-6,9-13,18,43H,3-4,7-8,14-15H2,1-2H3,(H2,36,42)(H,37,41)/t30-,32+/m0/s1. The summed E-state index contributed by atoms with van der Waals surface area (Å²) in [4.78, 5) is 30.3. The lowest BCUT2D eigenvalue weighted by Crippen LogP contribution is -2.44. The summed E-state index contributed by atoms with van der Waals surface area (Å²) in [6, 6.07) is 9.00. The van der Waals surface area contributed by atoms with Crippen LogP contribution in [0.25, 0.3) is 22.2 Å². The molecule has 10 nitrogen and oxygen atoms in total. The average Bonchev–Trinajstić information content (AvgIpc) is 3.93. The fourth-order valence-corrected chi connectivity index (χ4v) is 6.26. The van der Waals surface area contributed by atoms with Crippen molar-refractivity contribution in [1.82, 2.24) is 20.1 Å². The van der Waals surface area contributed by atoms with E-state index in [1.165, 1.54) is 19.2 Å². The number of aromatic nitrogens is 3. The van der Waals surface area contributed by atoms with Gasteiger partial charge in [-0.05, 0) is 74.9 Å². The van der Waals surface area contributed by atoms with Crippen molar-refractivity contribution in [3.8, 4) is 22.8 Å². The van der Waals surface area contributed by atoms with E-state index in [0.717, 1.165) is 18.9 Å². The maximum absolute atomic E-state index is 15.2. The Morgan fingerprint density at radius 3 is 2.67 bits per heavy atom. The van der Waals surface area contributed by atoms with E-state index in [-0.39, 0.29) is 46.8 Å². The summed E-state index contributed by atoms with van der Waals surface area (Å²) in [6.07, 6.45) is 4.74. The Bertz CT molecular complexity index is 1910. The Hall–Kier alpha value is -3.93. The number of methoxy groups -OCH3 is 1. The van der Waals surface area contributed by atoms with E-state index in [1.807, 2.05) is 0 Å². The number of primary amides is 1. The number of pyridine rings is 1. The molecule has 2 aliphatic carbocycles. The van der Waals surface area contributed by atoms with Crippen molar-refractivity contribution in [1.29, 1.82) is 0 Å². The van der Waals surface area contributed by atoms with Crippen molar-refractivity contribution in [2.45, 2.75) is 48.6 Å². The Morgan fingerprint density at radius 2 is 2.02 bits per heavy atom. The summed E-state index contributed by atoms with van der Waals surface area (Å²) in [6.45, 7) is 1.35. The van der Waals surface area contributed by atoms with Crippen LogP contribution in [-0.2, 0) is 20.8 Å². The van der Waals surface area contributed by atoms with Crippen LogP contribution >= 0.6 is 23.2 Å². The first-order valence-electron chi connectivity index (χ1n) is 14.6. The zero-order valence-corrected chi connectivity index (χ0v) is 26.0. The van der Waals surface area contributed by atoms with Crippen LogP contribution in [0.1, 0.15) is 54.2 Å². The predicted molar refractivity (Wildman–Crippen MR) is 165 cm³/mol. The molecule has 0 radical (unpaired) electrons. The summed E-state index contributed by atoms with van der Waals surface area (Å²) in [5, 5.41) is 20.5. The number of carbonyl (C=O) groups is 2. The fourth-order valence-electron chi connectivity index (χ4n) is 5.92. The van der Waals surface area contributed by atoms with E-state index in [4.69, 9.17) is 43.4 Å². The number of halogens is 3. The second-order valence-corrected chi connectivity index (χ2v) is 13.5. The molecule has 0 saturated heterocycles. The monoisotopic (exact) mass is 653 g/mol. The van der Waals surface area contributed by atoms with Gasteiger partial charge in [0.15, 0.2) is 0 Å². The first-order chi connectivity index (χ1) is 21.4. The molecule has 2 fully saturated rings. The normalized spacial score (nSPS) is 21.1. The van der Waals surface area contributed by atoms with E-state index in [0.29, 0.717) is 40.6 Å². The van der Waals surface area contributed by atoms with Gasteiger partial charge in [-0.25, -0.2) is 9.37 Å². The lowest BCUT2D eigenvalue weighted by atomic mass is 9.81. The van der Waals surface area contributed by atoms with Gasteiger partial charge in [-0.15, -0.1) is 0 Å². The third-order valence-corrected chi connectivity index (χ3v) is 9.93. The number of fused-ring (bicyclic) bond motifs is 2. The molecule has 0 unspecified atom stereocenters. The summed E-state index contributed by atoms with van der Waals surface area (Å²) < 4.78 is 28.3. The van der Waals surface area contributed by atoms with Crippen molar-refractivity contribution in [2.24, 2.45) is 11.7 Å². The zero-order valence-electron chi connectivity index (χ0n) is 24.5. The minimum absolute atomic E-state index is 0.0741. The summed E-state index contributed by atoms with van der Waals surface area (Å²) in [5.41, 5.74) is 4.51. The highest BCUT2D eigenvalue weighted by molar-refractivity contribution is 6.30. The topological polar surface area (TPSA) is 142 Å². The number of nitrogens with one attached hydrogen (secondary N) is 1. The highest BCUT2D eigenvalue weighted by Gasteiger charge is 2.50. The molecule has 45 heavy (non-hydrogen) atoms. The van der Waals surface area contributed by atoms with E-state index in [2.05, 4.69) is 10.4 Å². The molecule has 3 heterocycles. The number of hydrogen-bond donors (Lipinski definition) is 3. The Labute approximate surface area is 267 Å². The number of hydrogen-bond acceptors (Lipinski definition) is 7. The third kappa shape index (κ3) is 4.88. The van der Waals surface area contributed by atoms with Gasteiger partial charge < -0.3 is 25.6 Å². The van der Waals surface area contributed by atoms with E-state index in [1.54, 1.807) is 36.0 Å². The molecule has 2 atom stereocenters. The highest BCUT2D eigenvalue weighted by atomic mass is 35.5. The van der Waals surface area contributed by atoms with Crippen LogP contribution in [0.15, 0.2) is 42.6 Å².